The van der Waals surface area contributed by atoms with E-state index in [4.69, 9.17) is 4.74 Å². The van der Waals surface area contributed by atoms with Crippen LogP contribution in [0.4, 0.5) is 0 Å². The number of benzene rings is 2. The highest BCUT2D eigenvalue weighted by atomic mass is 32.2. The number of para-hydroxylation sites is 1. The van der Waals surface area contributed by atoms with Crippen molar-refractivity contribution in [2.24, 2.45) is 0 Å². The number of Topliss-reactive ketones (excluding diaryl/α,β-unsaturated/α-hetero) is 1. The van der Waals surface area contributed by atoms with E-state index < -0.39 is 22.9 Å². The van der Waals surface area contributed by atoms with Gasteiger partial charge in [-0.25, -0.2) is 4.79 Å². The van der Waals surface area contributed by atoms with E-state index in [9.17, 15) is 13.8 Å². The maximum Gasteiger partial charge on any atom is 0.340 e. The van der Waals surface area contributed by atoms with Crippen LogP contribution >= 0.6 is 0 Å². The predicted molar refractivity (Wildman–Crippen MR) is 96.3 cm³/mol. The summed E-state index contributed by atoms with van der Waals surface area (Å²) in [5.41, 5.74) is 1.53. The van der Waals surface area contributed by atoms with E-state index in [0.29, 0.717) is 10.5 Å². The van der Waals surface area contributed by atoms with Crippen molar-refractivity contribution >= 4 is 33.5 Å². The van der Waals surface area contributed by atoms with Crippen molar-refractivity contribution in [3.63, 3.8) is 0 Å². The molecule has 2 aromatic carbocycles. The Balaban J connectivity index is 1.82. The second kappa shape index (κ2) is 7.03. The average Bonchev–Trinajstić information content (AvgIpc) is 3.05. The minimum atomic E-state index is -1.33. The van der Waals surface area contributed by atoms with Gasteiger partial charge in [0.15, 0.2) is 6.10 Å². The number of hydrogen-bond donors (Lipinski definition) is 1. The first-order valence-electron chi connectivity index (χ1n) is 7.73. The molecule has 1 N–H and O–H groups in total. The van der Waals surface area contributed by atoms with E-state index in [1.54, 1.807) is 30.5 Å². The molecular formula is C19H17NO4S. The molecule has 0 saturated heterocycles. The molecule has 0 aliphatic rings. The maximum absolute atomic E-state index is 12.6. The Labute approximate surface area is 147 Å². The smallest absolute Gasteiger partial charge is 0.340 e. The van der Waals surface area contributed by atoms with E-state index in [0.717, 1.165) is 10.9 Å². The highest BCUT2D eigenvalue weighted by Gasteiger charge is 2.24. The van der Waals surface area contributed by atoms with E-state index in [2.05, 4.69) is 4.98 Å². The van der Waals surface area contributed by atoms with Crippen LogP contribution in [-0.2, 0) is 15.5 Å². The molecule has 3 rings (SSSR count). The normalized spacial score (nSPS) is 13.4. The molecule has 0 radical (unpaired) electrons. The van der Waals surface area contributed by atoms with Gasteiger partial charge in [-0.05, 0) is 25.1 Å². The summed E-state index contributed by atoms with van der Waals surface area (Å²) in [5.74, 6) is -0.951. The van der Waals surface area contributed by atoms with Crippen LogP contribution in [0.3, 0.4) is 0 Å². The monoisotopic (exact) mass is 355 g/mol. The van der Waals surface area contributed by atoms with Crippen molar-refractivity contribution in [3.8, 4) is 0 Å². The summed E-state index contributed by atoms with van der Waals surface area (Å²) in [4.78, 5) is 28.5. The largest absolute Gasteiger partial charge is 0.451 e. The highest BCUT2D eigenvalue weighted by Crippen LogP contribution is 2.21. The Bertz CT molecular complexity index is 976. The number of ketones is 1. The zero-order chi connectivity index (χ0) is 18.0. The fourth-order valence-corrected chi connectivity index (χ4v) is 3.39. The Hall–Kier alpha value is -2.73. The van der Waals surface area contributed by atoms with Gasteiger partial charge in [0.05, 0.1) is 21.3 Å². The van der Waals surface area contributed by atoms with Crippen molar-refractivity contribution in [1.82, 2.24) is 4.98 Å². The summed E-state index contributed by atoms with van der Waals surface area (Å²) in [5, 5.41) is 0.783. The van der Waals surface area contributed by atoms with Gasteiger partial charge in [0, 0.05) is 28.9 Å². The highest BCUT2D eigenvalue weighted by molar-refractivity contribution is 7.84. The van der Waals surface area contributed by atoms with Crippen LogP contribution in [0.5, 0.6) is 0 Å². The lowest BCUT2D eigenvalue weighted by molar-refractivity contribution is 0.0316. The van der Waals surface area contributed by atoms with Gasteiger partial charge < -0.3 is 9.72 Å². The number of carbonyl (C=O) groups excluding carboxylic acids is 2. The Morgan fingerprint density at radius 2 is 1.72 bits per heavy atom. The molecule has 0 aliphatic heterocycles. The minimum Gasteiger partial charge on any atom is -0.451 e. The molecule has 0 spiro atoms. The van der Waals surface area contributed by atoms with E-state index in [1.807, 2.05) is 24.3 Å². The number of rotatable bonds is 5. The van der Waals surface area contributed by atoms with Crippen LogP contribution in [0, 0.1) is 0 Å². The molecule has 0 amide bonds. The maximum atomic E-state index is 12.6. The van der Waals surface area contributed by atoms with Crippen LogP contribution in [0.25, 0.3) is 10.9 Å². The molecule has 0 saturated carbocycles. The van der Waals surface area contributed by atoms with E-state index in [-0.39, 0.29) is 11.3 Å². The van der Waals surface area contributed by atoms with Crippen molar-refractivity contribution in [1.29, 1.82) is 0 Å². The molecule has 1 aromatic heterocycles. The van der Waals surface area contributed by atoms with Gasteiger partial charge in [-0.15, -0.1) is 0 Å². The van der Waals surface area contributed by atoms with Gasteiger partial charge in [-0.3, -0.25) is 9.00 Å². The second-order valence-electron chi connectivity index (χ2n) is 5.61. The van der Waals surface area contributed by atoms with Crippen LogP contribution in [0.2, 0.25) is 0 Å². The molecular weight excluding hydrogens is 338 g/mol. The summed E-state index contributed by atoms with van der Waals surface area (Å²) >= 11 is 0. The Morgan fingerprint density at radius 1 is 1.04 bits per heavy atom. The van der Waals surface area contributed by atoms with Gasteiger partial charge in [0.2, 0.25) is 5.78 Å². The summed E-state index contributed by atoms with van der Waals surface area (Å²) in [6, 6.07) is 13.9. The standard InChI is InChI=1S/C19H17NO4S/c1-12(18(21)15-11-20-16-9-5-3-7-13(15)16)24-19(22)14-8-4-6-10-17(14)25(2)23/h3-12,20H,1-2H3/t12-,25-/m0/s1. The van der Waals surface area contributed by atoms with Crippen LogP contribution in [0.1, 0.15) is 27.6 Å². The number of hydrogen-bond acceptors (Lipinski definition) is 4. The van der Waals surface area contributed by atoms with E-state index >= 15 is 0 Å². The van der Waals surface area contributed by atoms with Crippen molar-refractivity contribution in [3.05, 3.63) is 65.9 Å². The number of esters is 1. The molecule has 3 aromatic rings. The molecule has 0 fully saturated rings. The minimum absolute atomic E-state index is 0.210. The molecule has 25 heavy (non-hydrogen) atoms. The first-order chi connectivity index (χ1) is 12.0. The van der Waals surface area contributed by atoms with Gasteiger partial charge in [0.25, 0.3) is 0 Å². The number of H-pyrrole nitrogens is 1. The number of ether oxygens (including phenoxy) is 1. The van der Waals surface area contributed by atoms with Gasteiger partial charge in [-0.2, -0.15) is 0 Å². The molecule has 0 unspecified atom stereocenters. The molecule has 2 atom stereocenters. The zero-order valence-electron chi connectivity index (χ0n) is 13.8. The van der Waals surface area contributed by atoms with Crippen molar-refractivity contribution < 1.29 is 18.5 Å². The first-order valence-corrected chi connectivity index (χ1v) is 9.28. The molecule has 5 nitrogen and oxygen atoms in total. The zero-order valence-corrected chi connectivity index (χ0v) is 14.6. The molecule has 1 heterocycles. The molecule has 128 valence electrons. The van der Waals surface area contributed by atoms with E-state index in [1.165, 1.54) is 13.2 Å². The molecule has 0 bridgehead atoms. The molecule has 6 heteroatoms. The third-order valence-electron chi connectivity index (χ3n) is 3.92. The first kappa shape index (κ1) is 17.1. The van der Waals surface area contributed by atoms with Gasteiger partial charge in [-0.1, -0.05) is 30.3 Å². The lowest BCUT2D eigenvalue weighted by atomic mass is 10.1. The topological polar surface area (TPSA) is 76.2 Å². The van der Waals surface area contributed by atoms with Crippen molar-refractivity contribution in [2.75, 3.05) is 6.26 Å². The van der Waals surface area contributed by atoms with Gasteiger partial charge in [0.1, 0.15) is 0 Å². The summed E-state index contributed by atoms with van der Waals surface area (Å²) in [6.07, 6.45) is 2.16. The average molecular weight is 355 g/mol. The fraction of sp³-hybridized carbons (Fsp3) is 0.158. The lowest BCUT2D eigenvalue weighted by Crippen LogP contribution is -2.25. The Morgan fingerprint density at radius 3 is 2.48 bits per heavy atom. The van der Waals surface area contributed by atoms with Crippen LogP contribution in [0.15, 0.2) is 59.6 Å². The summed E-state index contributed by atoms with van der Waals surface area (Å²) in [6.45, 7) is 1.54. The van der Waals surface area contributed by atoms with Crippen molar-refractivity contribution in [2.45, 2.75) is 17.9 Å². The number of carbonyl (C=O) groups is 2. The Kier molecular flexibility index (Phi) is 4.81. The van der Waals surface area contributed by atoms with Crippen LogP contribution in [-0.4, -0.2) is 33.3 Å². The third-order valence-corrected chi connectivity index (χ3v) is 4.90. The number of aromatic nitrogens is 1. The van der Waals surface area contributed by atoms with Crippen LogP contribution < -0.4 is 0 Å². The number of fused-ring (bicyclic) bond motifs is 1. The number of aromatic amines is 1. The SMILES string of the molecule is C[C@H](OC(=O)c1ccccc1[S@](C)=O)C(=O)c1c[nH]c2ccccc12. The second-order valence-corrected chi connectivity index (χ2v) is 6.96. The third kappa shape index (κ3) is 3.39. The predicted octanol–water partition coefficient (Wildman–Crippen LogP) is 3.33. The quantitative estimate of drug-likeness (QED) is 0.563. The summed E-state index contributed by atoms with van der Waals surface area (Å²) in [7, 11) is -1.33. The fourth-order valence-electron chi connectivity index (χ4n) is 2.66. The lowest BCUT2D eigenvalue weighted by Gasteiger charge is -2.13. The number of nitrogens with one attached hydrogen (secondary N) is 1. The summed E-state index contributed by atoms with van der Waals surface area (Å²) < 4.78 is 17.1. The molecule has 0 aliphatic carbocycles. The van der Waals surface area contributed by atoms with Gasteiger partial charge >= 0.3 is 5.97 Å².